The fourth-order valence-corrected chi connectivity index (χ4v) is 2.19. The highest BCUT2D eigenvalue weighted by Gasteiger charge is 2.58. The van der Waals surface area contributed by atoms with E-state index in [-0.39, 0.29) is 11.8 Å². The van der Waals surface area contributed by atoms with E-state index < -0.39 is 37.6 Å². The van der Waals surface area contributed by atoms with Gasteiger partial charge in [-0.3, -0.25) is 9.59 Å². The van der Waals surface area contributed by atoms with Crippen molar-refractivity contribution in [3.05, 3.63) is 0 Å². The number of carbonyl (C=O) groups is 2. The number of nitrogens with one attached hydrogen (secondary N) is 2. The van der Waals surface area contributed by atoms with Crippen molar-refractivity contribution in [2.45, 2.75) is 12.2 Å². The van der Waals surface area contributed by atoms with Crippen molar-refractivity contribution in [1.29, 1.82) is 0 Å². The summed E-state index contributed by atoms with van der Waals surface area (Å²) in [6.07, 6.45) is -1.54. The average Bonchev–Trinajstić information content (AvgIpc) is 2.37. The van der Waals surface area contributed by atoms with Crippen molar-refractivity contribution in [2.75, 3.05) is 27.7 Å². The quantitative estimate of drug-likeness (QED) is 0.390. The van der Waals surface area contributed by atoms with Gasteiger partial charge in [-0.05, 0) is 0 Å². The van der Waals surface area contributed by atoms with Gasteiger partial charge in [0.05, 0.1) is 24.0 Å². The smallest absolute Gasteiger partial charge is 0.228 e. The fourth-order valence-electron chi connectivity index (χ4n) is 2.19. The van der Waals surface area contributed by atoms with Gasteiger partial charge in [0.1, 0.15) is 13.6 Å². The van der Waals surface area contributed by atoms with Gasteiger partial charge < -0.3 is 30.3 Å². The summed E-state index contributed by atoms with van der Waals surface area (Å²) in [6.45, 7) is -1.20. The van der Waals surface area contributed by atoms with Gasteiger partial charge >= 0.3 is 0 Å². The molecule has 1 aliphatic rings. The maximum atomic E-state index is 11.7. The van der Waals surface area contributed by atoms with Crippen LogP contribution >= 0.6 is 0 Å². The Morgan fingerprint density at radius 2 is 1.28 bits per heavy atom. The molecule has 0 spiro atoms. The van der Waals surface area contributed by atoms with Gasteiger partial charge in [0, 0.05) is 14.1 Å². The predicted octanol–water partition coefficient (Wildman–Crippen LogP) is -2.61. The van der Waals surface area contributed by atoms with Gasteiger partial charge in [-0.2, -0.15) is 0 Å². The van der Waals surface area contributed by atoms with Gasteiger partial charge in [-0.15, -0.1) is 0 Å². The average molecular weight is 262 g/mol. The van der Waals surface area contributed by atoms with E-state index in [2.05, 4.69) is 10.6 Å². The van der Waals surface area contributed by atoms with E-state index in [0.717, 1.165) is 0 Å². The molecule has 0 heterocycles. The predicted molar refractivity (Wildman–Crippen MR) is 59.0 cm³/mol. The highest BCUT2D eigenvalue weighted by molar-refractivity contribution is 5.88. The minimum absolute atomic E-state index is 0.368. The Labute approximate surface area is 104 Å². The van der Waals surface area contributed by atoms with Crippen LogP contribution in [-0.4, -0.2) is 61.9 Å². The van der Waals surface area contributed by atoms with Gasteiger partial charge in [0.15, 0.2) is 0 Å². The number of ether oxygens (including phenoxy) is 2. The molecule has 0 aliphatic heterocycles. The lowest BCUT2D eigenvalue weighted by atomic mass is 9.67. The van der Waals surface area contributed by atoms with E-state index in [9.17, 15) is 9.59 Å². The van der Waals surface area contributed by atoms with Crippen LogP contribution in [0.5, 0.6) is 0 Å². The van der Waals surface area contributed by atoms with Crippen LogP contribution in [0.4, 0.5) is 0 Å². The molecule has 1 fully saturated rings. The molecule has 1 rings (SSSR count). The van der Waals surface area contributed by atoms with E-state index in [0.29, 0.717) is 0 Å². The van der Waals surface area contributed by atoms with Gasteiger partial charge in [-0.1, -0.05) is 0 Å². The number of carbonyl (C=O) groups excluding carboxylic acids is 2. The molecule has 0 aromatic carbocycles. The van der Waals surface area contributed by atoms with Gasteiger partial charge in [0.2, 0.25) is 11.8 Å². The third kappa shape index (κ3) is 2.61. The van der Waals surface area contributed by atoms with Gasteiger partial charge in [-0.25, -0.2) is 0 Å². The summed E-state index contributed by atoms with van der Waals surface area (Å²) in [5.41, 5.74) is 0. The van der Waals surface area contributed by atoms with Crippen LogP contribution < -0.4 is 10.6 Å². The van der Waals surface area contributed by atoms with Crippen molar-refractivity contribution in [2.24, 2.45) is 11.8 Å². The van der Waals surface area contributed by atoms with Crippen molar-refractivity contribution < 1.29 is 29.3 Å². The van der Waals surface area contributed by atoms with Crippen molar-refractivity contribution in [3.63, 3.8) is 0 Å². The maximum Gasteiger partial charge on any atom is 0.228 e. The monoisotopic (exact) mass is 262 g/mol. The van der Waals surface area contributed by atoms with Crippen LogP contribution in [0.3, 0.4) is 0 Å². The lowest BCUT2D eigenvalue weighted by molar-refractivity contribution is -0.230. The van der Waals surface area contributed by atoms with Crippen LogP contribution in [0.15, 0.2) is 0 Å². The molecule has 4 N–H and O–H groups in total. The second kappa shape index (κ2) is 6.64. The first-order valence-electron chi connectivity index (χ1n) is 5.50. The molecule has 0 saturated heterocycles. The summed E-state index contributed by atoms with van der Waals surface area (Å²) < 4.78 is 10.00. The largest absolute Gasteiger partial charge is 0.371 e. The van der Waals surface area contributed by atoms with Crippen LogP contribution in [0.25, 0.3) is 0 Å². The van der Waals surface area contributed by atoms with Crippen molar-refractivity contribution in [3.8, 4) is 0 Å². The molecule has 8 heteroatoms. The molecule has 0 aromatic heterocycles. The number of aliphatic hydroxyl groups is 2. The van der Waals surface area contributed by atoms with E-state index in [1.165, 1.54) is 14.1 Å². The van der Waals surface area contributed by atoms with Crippen LogP contribution in [0, 0.1) is 11.8 Å². The Morgan fingerprint density at radius 3 is 1.50 bits per heavy atom. The first-order valence-corrected chi connectivity index (χ1v) is 5.50. The first kappa shape index (κ1) is 14.8. The molecule has 0 unspecified atom stereocenters. The number of hydrogen-bond acceptors (Lipinski definition) is 6. The normalized spacial score (nSPS) is 30.4. The second-order valence-corrected chi connectivity index (χ2v) is 3.80. The zero-order valence-electron chi connectivity index (χ0n) is 10.3. The van der Waals surface area contributed by atoms with Crippen LogP contribution in [-0.2, 0) is 19.1 Å². The second-order valence-electron chi connectivity index (χ2n) is 3.80. The SMILES string of the molecule is CNC(=O)C1C(OCO)C(C(=O)NC)C1OCO. The molecule has 0 radical (unpaired) electrons. The molecule has 1 aliphatic carbocycles. The fraction of sp³-hybridized carbons (Fsp3) is 0.800. The Bertz CT molecular complexity index is 273. The molecule has 1 saturated carbocycles. The number of aliphatic hydroxyl groups excluding tert-OH is 2. The topological polar surface area (TPSA) is 117 Å². The highest BCUT2D eigenvalue weighted by Crippen LogP contribution is 2.39. The molecule has 18 heavy (non-hydrogen) atoms. The summed E-state index contributed by atoms with van der Waals surface area (Å²) in [6, 6.07) is 0. The molecule has 8 nitrogen and oxygen atoms in total. The molecular formula is C10H18N2O6. The highest BCUT2D eigenvalue weighted by atomic mass is 16.6. The Morgan fingerprint density at radius 1 is 0.944 bits per heavy atom. The zero-order valence-corrected chi connectivity index (χ0v) is 10.3. The molecular weight excluding hydrogens is 244 g/mol. The Hall–Kier alpha value is -1.22. The summed E-state index contributed by atoms with van der Waals surface area (Å²) in [7, 11) is 2.89. The Kier molecular flexibility index (Phi) is 5.48. The molecule has 0 aromatic rings. The first-order chi connectivity index (χ1) is 8.62. The summed E-state index contributed by atoms with van der Waals surface area (Å²) in [5.74, 6) is -2.22. The third-order valence-electron chi connectivity index (χ3n) is 3.05. The lowest BCUT2D eigenvalue weighted by Gasteiger charge is -2.47. The maximum absolute atomic E-state index is 11.7. The minimum Gasteiger partial charge on any atom is -0.371 e. The van der Waals surface area contributed by atoms with Crippen LogP contribution in [0.1, 0.15) is 0 Å². The summed E-state index contributed by atoms with van der Waals surface area (Å²) in [5, 5.41) is 22.4. The lowest BCUT2D eigenvalue weighted by Crippen LogP contribution is -2.66. The standard InChI is InChI=1S/C10H18N2O6/c1-11-9(15)5-7(17-3-13)6(10(16)12-2)8(5)18-4-14/h5-8,13-14H,3-4H2,1-2H3,(H,11,15)(H,12,16). The molecule has 0 atom stereocenters. The van der Waals surface area contributed by atoms with E-state index in [4.69, 9.17) is 19.7 Å². The minimum atomic E-state index is -0.772. The number of amides is 2. The molecule has 2 amide bonds. The zero-order chi connectivity index (χ0) is 13.7. The van der Waals surface area contributed by atoms with Crippen LogP contribution in [0.2, 0.25) is 0 Å². The molecule has 0 bridgehead atoms. The number of hydrogen-bond donors (Lipinski definition) is 4. The van der Waals surface area contributed by atoms with Crippen molar-refractivity contribution >= 4 is 11.8 Å². The van der Waals surface area contributed by atoms with E-state index in [1.54, 1.807) is 0 Å². The summed E-state index contributed by atoms with van der Waals surface area (Å²) in [4.78, 5) is 23.3. The van der Waals surface area contributed by atoms with E-state index >= 15 is 0 Å². The van der Waals surface area contributed by atoms with E-state index in [1.807, 2.05) is 0 Å². The third-order valence-corrected chi connectivity index (χ3v) is 3.05. The molecule has 104 valence electrons. The number of rotatable bonds is 6. The van der Waals surface area contributed by atoms with Gasteiger partial charge in [0.25, 0.3) is 0 Å². The Balaban J connectivity index is 2.86. The summed E-state index contributed by atoms with van der Waals surface area (Å²) >= 11 is 0. The van der Waals surface area contributed by atoms with Crippen molar-refractivity contribution in [1.82, 2.24) is 10.6 Å².